The molecule has 1 rings (SSSR count). The van der Waals surface area contributed by atoms with Crippen molar-refractivity contribution in [2.45, 2.75) is 12.4 Å². The van der Waals surface area contributed by atoms with Crippen molar-refractivity contribution in [3.63, 3.8) is 0 Å². The Morgan fingerprint density at radius 2 is 1.83 bits per heavy atom. The molecule has 0 aliphatic carbocycles. The number of anilines is 2. The van der Waals surface area contributed by atoms with Gasteiger partial charge < -0.3 is 10.1 Å². The van der Waals surface area contributed by atoms with Crippen molar-refractivity contribution in [3.8, 4) is 0 Å². The summed E-state index contributed by atoms with van der Waals surface area (Å²) in [7, 11) is -3.24. The molecule has 18 heavy (non-hydrogen) atoms. The van der Waals surface area contributed by atoms with E-state index in [0.29, 0.717) is 18.9 Å². The summed E-state index contributed by atoms with van der Waals surface area (Å²) in [6, 6.07) is 6.81. The molecule has 0 aromatic heterocycles. The molecule has 1 unspecified atom stereocenters. The minimum atomic E-state index is -3.24. The van der Waals surface area contributed by atoms with E-state index in [0.717, 1.165) is 11.9 Å². The lowest BCUT2D eigenvalue weighted by atomic mass is 10.3. The topological polar surface area (TPSA) is 67.4 Å². The summed E-state index contributed by atoms with van der Waals surface area (Å²) in [4.78, 5) is 0. The third kappa shape index (κ3) is 6.09. The van der Waals surface area contributed by atoms with E-state index in [1.165, 1.54) is 0 Å². The molecule has 0 heterocycles. The Labute approximate surface area is 113 Å². The van der Waals surface area contributed by atoms with Crippen LogP contribution in [0.25, 0.3) is 0 Å². The highest BCUT2D eigenvalue weighted by Crippen LogP contribution is 2.16. The van der Waals surface area contributed by atoms with Crippen LogP contribution in [0.15, 0.2) is 24.3 Å². The Balaban J connectivity index is 2.55. The second-order valence-electron chi connectivity index (χ2n) is 3.72. The van der Waals surface area contributed by atoms with Crippen LogP contribution >= 0.6 is 11.6 Å². The minimum absolute atomic E-state index is 0.321. The molecule has 5 nitrogen and oxygen atoms in total. The van der Waals surface area contributed by atoms with E-state index in [2.05, 4.69) is 10.0 Å². The molecule has 0 aliphatic heterocycles. The van der Waals surface area contributed by atoms with Crippen molar-refractivity contribution < 1.29 is 13.2 Å². The number of alkyl halides is 1. The number of nitrogens with one attached hydrogen (secondary N) is 2. The lowest BCUT2D eigenvalue weighted by Gasteiger charge is -2.13. The Kier molecular flexibility index (Phi) is 5.71. The lowest BCUT2D eigenvalue weighted by molar-refractivity contribution is 0.151. The molecular formula is C11H17ClN2O3S. The Morgan fingerprint density at radius 3 is 2.33 bits per heavy atom. The molecule has 1 aromatic rings. The molecule has 0 saturated heterocycles. The van der Waals surface area contributed by atoms with Crippen LogP contribution in [-0.4, -0.2) is 33.4 Å². The molecule has 0 fully saturated rings. The summed E-state index contributed by atoms with van der Waals surface area (Å²) in [5, 5.41) is 3.03. The van der Waals surface area contributed by atoms with Crippen molar-refractivity contribution in [2.75, 3.05) is 29.5 Å². The Bertz CT molecular complexity index is 462. The molecule has 0 saturated carbocycles. The molecule has 2 N–H and O–H groups in total. The summed E-state index contributed by atoms with van der Waals surface area (Å²) < 4.78 is 29.6. The van der Waals surface area contributed by atoms with Gasteiger partial charge in [-0.2, -0.15) is 0 Å². The molecule has 0 aliphatic rings. The summed E-state index contributed by atoms with van der Waals surface area (Å²) in [5.41, 5.74) is 0.992. The first kappa shape index (κ1) is 15.1. The van der Waals surface area contributed by atoms with Gasteiger partial charge in [0.25, 0.3) is 0 Å². The Morgan fingerprint density at radius 1 is 1.28 bits per heavy atom. The molecule has 102 valence electrons. The van der Waals surface area contributed by atoms with Gasteiger partial charge in [0.1, 0.15) is 5.50 Å². The maximum absolute atomic E-state index is 11.0. The van der Waals surface area contributed by atoms with Gasteiger partial charge in [0.2, 0.25) is 10.0 Å². The third-order valence-electron chi connectivity index (χ3n) is 1.98. The first-order valence-corrected chi connectivity index (χ1v) is 7.79. The average Bonchev–Trinajstić information content (AvgIpc) is 2.27. The van der Waals surface area contributed by atoms with Gasteiger partial charge in [-0.25, -0.2) is 8.42 Å². The number of hydrogen-bond acceptors (Lipinski definition) is 4. The molecule has 0 radical (unpaired) electrons. The van der Waals surface area contributed by atoms with E-state index in [4.69, 9.17) is 16.3 Å². The highest BCUT2D eigenvalue weighted by Gasteiger charge is 2.05. The predicted molar refractivity (Wildman–Crippen MR) is 74.7 cm³/mol. The van der Waals surface area contributed by atoms with Gasteiger partial charge >= 0.3 is 0 Å². The van der Waals surface area contributed by atoms with E-state index >= 15 is 0 Å². The van der Waals surface area contributed by atoms with Gasteiger partial charge in [-0.15, -0.1) is 0 Å². The van der Waals surface area contributed by atoms with E-state index in [9.17, 15) is 8.42 Å². The van der Waals surface area contributed by atoms with Gasteiger partial charge in [0.15, 0.2) is 0 Å². The molecule has 0 spiro atoms. The molecule has 0 bridgehead atoms. The second kappa shape index (κ2) is 6.82. The van der Waals surface area contributed by atoms with Crippen LogP contribution in [0.5, 0.6) is 0 Å². The van der Waals surface area contributed by atoms with E-state index in [1.54, 1.807) is 24.3 Å². The number of benzene rings is 1. The van der Waals surface area contributed by atoms with Crippen molar-refractivity contribution in [3.05, 3.63) is 24.3 Å². The highest BCUT2D eigenvalue weighted by molar-refractivity contribution is 7.92. The zero-order chi connectivity index (χ0) is 13.6. The van der Waals surface area contributed by atoms with E-state index in [1.807, 2.05) is 6.92 Å². The zero-order valence-electron chi connectivity index (χ0n) is 10.3. The average molecular weight is 293 g/mol. The first-order valence-electron chi connectivity index (χ1n) is 5.47. The fourth-order valence-electron chi connectivity index (χ4n) is 1.29. The quantitative estimate of drug-likeness (QED) is 0.596. The van der Waals surface area contributed by atoms with Crippen LogP contribution in [0.1, 0.15) is 6.92 Å². The van der Waals surface area contributed by atoms with Crippen LogP contribution in [0.4, 0.5) is 11.4 Å². The van der Waals surface area contributed by atoms with Gasteiger partial charge in [-0.1, -0.05) is 11.6 Å². The van der Waals surface area contributed by atoms with Gasteiger partial charge in [-0.05, 0) is 31.2 Å². The van der Waals surface area contributed by atoms with Crippen molar-refractivity contribution in [2.24, 2.45) is 0 Å². The number of sulfonamides is 1. The van der Waals surface area contributed by atoms with Crippen LogP contribution in [-0.2, 0) is 14.8 Å². The van der Waals surface area contributed by atoms with Crippen LogP contribution in [0.3, 0.4) is 0 Å². The van der Waals surface area contributed by atoms with Crippen molar-refractivity contribution in [1.82, 2.24) is 0 Å². The maximum atomic E-state index is 11.0. The first-order chi connectivity index (χ1) is 8.40. The Hall–Kier alpha value is -0.980. The summed E-state index contributed by atoms with van der Waals surface area (Å²) >= 11 is 5.99. The van der Waals surface area contributed by atoms with Crippen LogP contribution in [0, 0.1) is 0 Å². The third-order valence-corrected chi connectivity index (χ3v) is 2.82. The molecule has 7 heteroatoms. The molecule has 1 atom stereocenters. The number of halogens is 1. The summed E-state index contributed by atoms with van der Waals surface area (Å²) in [6.07, 6.45) is 1.11. The van der Waals surface area contributed by atoms with Gasteiger partial charge in [0, 0.05) is 18.0 Å². The summed E-state index contributed by atoms with van der Waals surface area (Å²) in [5.74, 6) is 0. The smallest absolute Gasteiger partial charge is 0.229 e. The summed E-state index contributed by atoms with van der Waals surface area (Å²) in [6.45, 7) is 2.92. The fourth-order valence-corrected chi connectivity index (χ4v) is 2.07. The van der Waals surface area contributed by atoms with Crippen molar-refractivity contribution >= 4 is 33.0 Å². The standard InChI is InChI=1S/C11H17ClN2O3S/c1-3-17-8-11(12)13-9-4-6-10(7-5-9)14-18(2,15)16/h4-7,11,13-14H,3,8H2,1-2H3. The van der Waals surface area contributed by atoms with E-state index in [-0.39, 0.29) is 5.50 Å². The largest absolute Gasteiger partial charge is 0.378 e. The minimum Gasteiger partial charge on any atom is -0.378 e. The van der Waals surface area contributed by atoms with Crippen LogP contribution in [0.2, 0.25) is 0 Å². The molecule has 0 amide bonds. The number of rotatable bonds is 7. The predicted octanol–water partition coefficient (Wildman–Crippen LogP) is 2.07. The van der Waals surface area contributed by atoms with Gasteiger partial charge in [0.05, 0.1) is 12.9 Å². The van der Waals surface area contributed by atoms with Crippen molar-refractivity contribution in [1.29, 1.82) is 0 Å². The lowest BCUT2D eigenvalue weighted by Crippen LogP contribution is -2.19. The molecule has 1 aromatic carbocycles. The number of ether oxygens (including phenoxy) is 1. The fraction of sp³-hybridized carbons (Fsp3) is 0.455. The molecular weight excluding hydrogens is 276 g/mol. The second-order valence-corrected chi connectivity index (χ2v) is 6.00. The monoisotopic (exact) mass is 292 g/mol. The van der Waals surface area contributed by atoms with Crippen LogP contribution < -0.4 is 10.0 Å². The zero-order valence-corrected chi connectivity index (χ0v) is 11.9. The van der Waals surface area contributed by atoms with E-state index < -0.39 is 10.0 Å². The normalized spacial score (nSPS) is 13.1. The number of hydrogen-bond donors (Lipinski definition) is 2. The highest BCUT2D eigenvalue weighted by atomic mass is 35.5. The SMILES string of the molecule is CCOCC(Cl)Nc1ccc(NS(C)(=O)=O)cc1. The maximum Gasteiger partial charge on any atom is 0.229 e. The van der Waals surface area contributed by atoms with Gasteiger partial charge in [-0.3, -0.25) is 4.72 Å².